The predicted octanol–water partition coefficient (Wildman–Crippen LogP) is 20.2. The minimum atomic E-state index is -0.405. The third kappa shape index (κ3) is 6.32. The van der Waals surface area contributed by atoms with Gasteiger partial charge in [0.1, 0.15) is 22.3 Å². The van der Waals surface area contributed by atoms with Gasteiger partial charge in [-0.05, 0) is 175 Å². The van der Waals surface area contributed by atoms with Crippen molar-refractivity contribution in [3.05, 3.63) is 230 Å². The lowest BCUT2D eigenvalue weighted by Crippen LogP contribution is -2.50. The molecule has 0 saturated carbocycles. The summed E-state index contributed by atoms with van der Waals surface area (Å²) in [5.41, 5.74) is 14.8. The van der Waals surface area contributed by atoms with Crippen molar-refractivity contribution < 1.29 is 8.83 Å². The lowest BCUT2D eigenvalue weighted by atomic mass is 9.49. The summed E-state index contributed by atoms with van der Waals surface area (Å²) in [7, 11) is 0. The van der Waals surface area contributed by atoms with E-state index in [-0.39, 0.29) is 10.8 Å². The van der Waals surface area contributed by atoms with Crippen molar-refractivity contribution in [3.63, 3.8) is 0 Å². The second-order valence-electron chi connectivity index (χ2n) is 22.1. The molecule has 1 aliphatic rings. The minimum absolute atomic E-state index is 0.206. The second-order valence-corrected chi connectivity index (χ2v) is 22.1. The number of benzene rings is 11. The molecule has 0 amide bonds. The van der Waals surface area contributed by atoms with Crippen LogP contribution in [0.2, 0.25) is 0 Å². The van der Waals surface area contributed by atoms with Gasteiger partial charge >= 0.3 is 0 Å². The molecule has 73 heavy (non-hydrogen) atoms. The van der Waals surface area contributed by atoms with Gasteiger partial charge in [0, 0.05) is 61.1 Å². The Hall–Kier alpha value is -8.60. The van der Waals surface area contributed by atoms with Crippen molar-refractivity contribution in [2.24, 2.45) is 10.8 Å². The largest absolute Gasteiger partial charge is 0.456 e. The SMILES string of the molecule is CC(C)(C)C1(C(C)(C)C)c2cc3cc(N(c4ccccc4)c4ccc5oc6ccccc6c5c4)ccc3cc2-c2c1c1ccc(N(c3ccccc3)c3ccc4oc5ccccc5c4c3)cc1c1ccccc21. The van der Waals surface area contributed by atoms with Gasteiger partial charge in [0.2, 0.25) is 0 Å². The fraction of sp³-hybridized carbons (Fsp3) is 0.130. The van der Waals surface area contributed by atoms with Crippen molar-refractivity contribution in [1.82, 2.24) is 0 Å². The quantitative estimate of drug-likeness (QED) is 0.156. The van der Waals surface area contributed by atoms with Crippen LogP contribution in [0.3, 0.4) is 0 Å². The Morgan fingerprint density at radius 3 is 1.30 bits per heavy atom. The number of rotatable bonds is 6. The van der Waals surface area contributed by atoms with Crippen LogP contribution in [0.25, 0.3) is 87.3 Å². The van der Waals surface area contributed by atoms with Crippen LogP contribution in [-0.2, 0) is 5.41 Å². The van der Waals surface area contributed by atoms with Gasteiger partial charge < -0.3 is 18.6 Å². The smallest absolute Gasteiger partial charge is 0.135 e. The Balaban J connectivity index is 0.994. The van der Waals surface area contributed by atoms with Gasteiger partial charge in [0.25, 0.3) is 0 Å². The van der Waals surface area contributed by atoms with Crippen LogP contribution in [0.4, 0.5) is 34.1 Å². The fourth-order valence-electron chi connectivity index (χ4n) is 13.5. The average Bonchev–Trinajstić information content (AvgIpc) is 4.07. The van der Waals surface area contributed by atoms with Crippen molar-refractivity contribution in [3.8, 4) is 11.1 Å². The number of anilines is 6. The van der Waals surface area contributed by atoms with E-state index in [0.29, 0.717) is 0 Å². The molecule has 0 spiro atoms. The van der Waals surface area contributed by atoms with E-state index in [4.69, 9.17) is 8.83 Å². The summed E-state index contributed by atoms with van der Waals surface area (Å²) in [6.45, 7) is 14.8. The Bertz CT molecular complexity index is 4340. The van der Waals surface area contributed by atoms with Crippen molar-refractivity contribution in [2.45, 2.75) is 47.0 Å². The molecule has 11 aromatic carbocycles. The van der Waals surface area contributed by atoms with E-state index in [2.05, 4.69) is 252 Å². The Kier molecular flexibility index (Phi) is 9.29. The molecule has 0 bridgehead atoms. The van der Waals surface area contributed by atoms with Gasteiger partial charge in [-0.3, -0.25) is 0 Å². The van der Waals surface area contributed by atoms with Gasteiger partial charge in [0.05, 0.1) is 0 Å². The number of fused-ring (bicyclic) bond motifs is 15. The van der Waals surface area contributed by atoms with Crippen molar-refractivity contribution in [1.29, 1.82) is 0 Å². The third-order valence-electron chi connectivity index (χ3n) is 16.0. The Morgan fingerprint density at radius 2 is 0.753 bits per heavy atom. The van der Waals surface area contributed by atoms with Gasteiger partial charge in [-0.2, -0.15) is 0 Å². The molecule has 0 fully saturated rings. The first-order chi connectivity index (χ1) is 35.5. The summed E-state index contributed by atoms with van der Waals surface area (Å²) in [6.07, 6.45) is 0. The van der Waals surface area contributed by atoms with Crippen LogP contribution in [0.1, 0.15) is 52.7 Å². The van der Waals surface area contributed by atoms with Crippen LogP contribution in [-0.4, -0.2) is 0 Å². The van der Waals surface area contributed by atoms with Gasteiger partial charge in [-0.15, -0.1) is 0 Å². The first kappa shape index (κ1) is 43.2. The number of hydrogen-bond donors (Lipinski definition) is 0. The van der Waals surface area contributed by atoms with E-state index >= 15 is 0 Å². The van der Waals surface area contributed by atoms with E-state index in [9.17, 15) is 0 Å². The summed E-state index contributed by atoms with van der Waals surface area (Å²) < 4.78 is 12.6. The standard InChI is InChI=1S/C69H54N2O2/c1-67(2,3)69(68(4,5)6)60-39-44-37-47(70(45-19-9-7-10-20-45)49-32-35-63-57(41-49)52-24-15-17-27-61(52)72-63)30-29-43(44)38-59(60)65-54-26-14-13-23-51(54)56-40-48(31-34-55(56)66(65)69)71(46-21-11-8-12-22-46)50-33-36-64-58(42-50)53-25-16-18-28-62(53)73-64/h7-42H,1-6H3. The lowest BCUT2D eigenvalue weighted by Gasteiger charge is -2.53. The molecule has 0 atom stereocenters. The van der Waals surface area contributed by atoms with Gasteiger partial charge in [0.15, 0.2) is 0 Å². The zero-order valence-corrected chi connectivity index (χ0v) is 42.0. The monoisotopic (exact) mass is 942 g/mol. The maximum atomic E-state index is 6.32. The van der Waals surface area contributed by atoms with E-state index < -0.39 is 5.41 Å². The molecule has 4 heteroatoms. The van der Waals surface area contributed by atoms with Crippen LogP contribution in [0.5, 0.6) is 0 Å². The highest BCUT2D eigenvalue weighted by Crippen LogP contribution is 2.68. The molecular formula is C69H54N2O2. The first-order valence-corrected chi connectivity index (χ1v) is 25.6. The fourth-order valence-corrected chi connectivity index (χ4v) is 13.5. The van der Waals surface area contributed by atoms with Crippen LogP contribution in [0, 0.1) is 10.8 Å². The maximum absolute atomic E-state index is 6.32. The lowest BCUT2D eigenvalue weighted by molar-refractivity contribution is 0.0965. The predicted molar refractivity (Wildman–Crippen MR) is 308 cm³/mol. The zero-order valence-electron chi connectivity index (χ0n) is 42.0. The molecule has 13 aromatic rings. The van der Waals surface area contributed by atoms with Crippen LogP contribution in [0.15, 0.2) is 227 Å². The highest BCUT2D eigenvalue weighted by molar-refractivity contribution is 6.20. The summed E-state index contributed by atoms with van der Waals surface area (Å²) in [5.74, 6) is 0. The second kappa shape index (κ2) is 15.7. The van der Waals surface area contributed by atoms with Crippen molar-refractivity contribution in [2.75, 3.05) is 9.80 Å². The topological polar surface area (TPSA) is 32.8 Å². The highest BCUT2D eigenvalue weighted by atomic mass is 16.3. The molecule has 2 heterocycles. The third-order valence-corrected chi connectivity index (χ3v) is 16.0. The molecule has 0 aliphatic heterocycles. The maximum Gasteiger partial charge on any atom is 0.135 e. The number of nitrogens with zero attached hydrogens (tertiary/aromatic N) is 2. The van der Waals surface area contributed by atoms with Crippen LogP contribution < -0.4 is 9.80 Å². The summed E-state index contributed by atoms with van der Waals surface area (Å²) in [4.78, 5) is 4.78. The highest BCUT2D eigenvalue weighted by Gasteiger charge is 2.58. The molecule has 14 rings (SSSR count). The Labute approximate surface area is 425 Å². The first-order valence-electron chi connectivity index (χ1n) is 25.6. The summed E-state index contributed by atoms with van der Waals surface area (Å²) in [5, 5.41) is 12.0. The minimum Gasteiger partial charge on any atom is -0.456 e. The molecular weight excluding hydrogens is 889 g/mol. The van der Waals surface area contributed by atoms with Gasteiger partial charge in [-0.25, -0.2) is 0 Å². The molecule has 1 aliphatic carbocycles. The Morgan fingerprint density at radius 1 is 0.315 bits per heavy atom. The molecule has 0 saturated heterocycles. The summed E-state index contributed by atoms with van der Waals surface area (Å²) >= 11 is 0. The van der Waals surface area contributed by atoms with Crippen molar-refractivity contribution >= 4 is 110 Å². The average molecular weight is 943 g/mol. The molecule has 0 radical (unpaired) electrons. The van der Waals surface area contributed by atoms with E-state index in [1.165, 1.54) is 54.6 Å². The summed E-state index contributed by atoms with van der Waals surface area (Å²) in [6, 6.07) is 79.8. The zero-order chi connectivity index (χ0) is 49.4. The number of para-hydroxylation sites is 4. The van der Waals surface area contributed by atoms with E-state index in [0.717, 1.165) is 78.0 Å². The van der Waals surface area contributed by atoms with E-state index in [1.807, 2.05) is 18.2 Å². The molecule has 2 aromatic heterocycles. The molecule has 0 N–H and O–H groups in total. The molecule has 4 nitrogen and oxygen atoms in total. The normalized spacial score (nSPS) is 13.5. The van der Waals surface area contributed by atoms with E-state index in [1.54, 1.807) is 0 Å². The van der Waals surface area contributed by atoms with Crippen LogP contribution >= 0.6 is 0 Å². The number of furan rings is 2. The molecule has 0 unspecified atom stereocenters. The molecule has 352 valence electrons. The van der Waals surface area contributed by atoms with Gasteiger partial charge in [-0.1, -0.05) is 151 Å². The number of hydrogen-bond acceptors (Lipinski definition) is 4.